The molecule has 0 aliphatic heterocycles. The molecule has 4 heteroatoms. The van der Waals surface area contributed by atoms with E-state index in [0.29, 0.717) is 23.6 Å². The van der Waals surface area contributed by atoms with Gasteiger partial charge < -0.3 is 5.73 Å². The van der Waals surface area contributed by atoms with Crippen LogP contribution in [0.1, 0.15) is 11.1 Å². The van der Waals surface area contributed by atoms with Crippen LogP contribution in [-0.2, 0) is 6.54 Å². The number of nitrogens with zero attached hydrogens (tertiary/aromatic N) is 2. The van der Waals surface area contributed by atoms with Gasteiger partial charge in [-0.05, 0) is 30.2 Å². The highest BCUT2D eigenvalue weighted by Crippen LogP contribution is 2.24. The summed E-state index contributed by atoms with van der Waals surface area (Å²) in [6.45, 7) is 2.62. The van der Waals surface area contributed by atoms with E-state index in [1.807, 2.05) is 31.2 Å². The van der Waals surface area contributed by atoms with Gasteiger partial charge in [-0.1, -0.05) is 36.4 Å². The predicted molar refractivity (Wildman–Crippen MR) is 82.3 cm³/mol. The van der Waals surface area contributed by atoms with Gasteiger partial charge in [-0.25, -0.2) is 9.07 Å². The normalized spacial score (nSPS) is 10.8. The molecular formula is C17H16FN3. The van der Waals surface area contributed by atoms with E-state index < -0.39 is 0 Å². The summed E-state index contributed by atoms with van der Waals surface area (Å²) < 4.78 is 15.5. The lowest BCUT2D eigenvalue weighted by Crippen LogP contribution is -2.06. The molecule has 3 aromatic rings. The maximum Gasteiger partial charge on any atom is 0.132 e. The van der Waals surface area contributed by atoms with E-state index >= 15 is 0 Å². The van der Waals surface area contributed by atoms with E-state index in [9.17, 15) is 4.39 Å². The maximum absolute atomic E-state index is 13.8. The first-order chi connectivity index (χ1) is 10.1. The van der Waals surface area contributed by atoms with E-state index in [1.54, 1.807) is 28.9 Å². The molecule has 0 atom stereocenters. The molecule has 106 valence electrons. The van der Waals surface area contributed by atoms with Crippen molar-refractivity contribution in [2.24, 2.45) is 0 Å². The Morgan fingerprint density at radius 3 is 2.57 bits per heavy atom. The van der Waals surface area contributed by atoms with Crippen LogP contribution in [0.3, 0.4) is 0 Å². The number of aromatic nitrogens is 2. The van der Waals surface area contributed by atoms with E-state index in [4.69, 9.17) is 5.73 Å². The molecule has 3 nitrogen and oxygen atoms in total. The topological polar surface area (TPSA) is 43.8 Å². The number of hydrogen-bond donors (Lipinski definition) is 1. The molecule has 2 N–H and O–H groups in total. The lowest BCUT2D eigenvalue weighted by molar-refractivity contribution is 0.629. The molecule has 0 bridgehead atoms. The molecule has 21 heavy (non-hydrogen) atoms. The van der Waals surface area contributed by atoms with Crippen LogP contribution in [0.5, 0.6) is 0 Å². The van der Waals surface area contributed by atoms with Gasteiger partial charge >= 0.3 is 0 Å². The second-order valence-corrected chi connectivity index (χ2v) is 5.02. The third-order valence-electron chi connectivity index (χ3n) is 3.54. The fourth-order valence-electron chi connectivity index (χ4n) is 2.31. The summed E-state index contributed by atoms with van der Waals surface area (Å²) in [6, 6.07) is 16.3. The number of hydrogen-bond acceptors (Lipinski definition) is 2. The third kappa shape index (κ3) is 2.65. The standard InChI is InChI=1S/C17H16FN3/c1-12-6-2-3-7-13(12)11-21-17(19)10-16(20-21)14-8-4-5-9-15(14)18/h2-10H,11,19H2,1H3. The molecule has 0 spiro atoms. The molecule has 2 aromatic carbocycles. The SMILES string of the molecule is Cc1ccccc1Cn1nc(-c2ccccc2F)cc1N. The fourth-order valence-corrected chi connectivity index (χ4v) is 2.31. The van der Waals surface area contributed by atoms with Crippen molar-refractivity contribution in [2.45, 2.75) is 13.5 Å². The van der Waals surface area contributed by atoms with E-state index in [1.165, 1.54) is 11.6 Å². The highest BCUT2D eigenvalue weighted by Gasteiger charge is 2.11. The third-order valence-corrected chi connectivity index (χ3v) is 3.54. The largest absolute Gasteiger partial charge is 0.384 e. The first-order valence-corrected chi connectivity index (χ1v) is 6.78. The van der Waals surface area contributed by atoms with Gasteiger partial charge in [0, 0.05) is 11.6 Å². The molecule has 1 aromatic heterocycles. The summed E-state index contributed by atoms with van der Waals surface area (Å²) in [5.74, 6) is 0.231. The Morgan fingerprint density at radius 2 is 1.81 bits per heavy atom. The van der Waals surface area contributed by atoms with Crippen LogP contribution < -0.4 is 5.73 Å². The van der Waals surface area contributed by atoms with E-state index in [0.717, 1.165) is 5.56 Å². The Morgan fingerprint density at radius 1 is 1.10 bits per heavy atom. The number of aryl methyl sites for hydroxylation is 1. The average Bonchev–Trinajstić information content (AvgIpc) is 2.83. The van der Waals surface area contributed by atoms with Crippen molar-refractivity contribution in [1.82, 2.24) is 9.78 Å². The summed E-state index contributed by atoms with van der Waals surface area (Å²) in [6.07, 6.45) is 0. The Kier molecular flexibility index (Phi) is 3.44. The van der Waals surface area contributed by atoms with Gasteiger partial charge in [0.1, 0.15) is 11.6 Å². The number of rotatable bonds is 3. The minimum Gasteiger partial charge on any atom is -0.384 e. The Hall–Kier alpha value is -2.62. The van der Waals surface area contributed by atoms with Crippen molar-refractivity contribution in [3.05, 3.63) is 71.5 Å². The molecule has 0 fully saturated rings. The summed E-state index contributed by atoms with van der Waals surface area (Å²) in [5.41, 5.74) is 9.35. The van der Waals surface area contributed by atoms with Crippen molar-refractivity contribution in [2.75, 3.05) is 5.73 Å². The zero-order valence-electron chi connectivity index (χ0n) is 11.8. The van der Waals surface area contributed by atoms with Gasteiger partial charge in [-0.2, -0.15) is 5.10 Å². The van der Waals surface area contributed by atoms with Gasteiger partial charge in [0.25, 0.3) is 0 Å². The molecule has 0 radical (unpaired) electrons. The summed E-state index contributed by atoms with van der Waals surface area (Å²) >= 11 is 0. The van der Waals surface area contributed by atoms with E-state index in [-0.39, 0.29) is 5.82 Å². The van der Waals surface area contributed by atoms with Crippen LogP contribution >= 0.6 is 0 Å². The van der Waals surface area contributed by atoms with E-state index in [2.05, 4.69) is 5.10 Å². The molecule has 0 amide bonds. The predicted octanol–water partition coefficient (Wildman–Crippen LogP) is 3.63. The molecular weight excluding hydrogens is 265 g/mol. The zero-order valence-corrected chi connectivity index (χ0v) is 11.8. The lowest BCUT2D eigenvalue weighted by Gasteiger charge is -2.07. The van der Waals surface area contributed by atoms with Crippen LogP contribution in [0.2, 0.25) is 0 Å². The number of anilines is 1. The van der Waals surface area contributed by atoms with Gasteiger partial charge in [0.15, 0.2) is 0 Å². The van der Waals surface area contributed by atoms with Crippen LogP contribution in [0, 0.1) is 12.7 Å². The molecule has 0 unspecified atom stereocenters. The summed E-state index contributed by atoms with van der Waals surface area (Å²) in [7, 11) is 0. The molecule has 0 saturated carbocycles. The zero-order chi connectivity index (χ0) is 14.8. The van der Waals surface area contributed by atoms with Crippen molar-refractivity contribution in [3.63, 3.8) is 0 Å². The van der Waals surface area contributed by atoms with Crippen molar-refractivity contribution in [1.29, 1.82) is 0 Å². The number of benzene rings is 2. The highest BCUT2D eigenvalue weighted by molar-refractivity contribution is 5.63. The second-order valence-electron chi connectivity index (χ2n) is 5.02. The molecule has 3 rings (SSSR count). The van der Waals surface area contributed by atoms with Gasteiger partial charge in [0.2, 0.25) is 0 Å². The molecule has 0 aliphatic carbocycles. The van der Waals surface area contributed by atoms with Gasteiger partial charge in [-0.15, -0.1) is 0 Å². The van der Waals surface area contributed by atoms with Crippen LogP contribution in [-0.4, -0.2) is 9.78 Å². The summed E-state index contributed by atoms with van der Waals surface area (Å²) in [4.78, 5) is 0. The lowest BCUT2D eigenvalue weighted by atomic mass is 10.1. The maximum atomic E-state index is 13.8. The van der Waals surface area contributed by atoms with Gasteiger partial charge in [0.05, 0.1) is 12.2 Å². The Balaban J connectivity index is 1.96. The Bertz CT molecular complexity index is 777. The van der Waals surface area contributed by atoms with Crippen molar-refractivity contribution >= 4 is 5.82 Å². The van der Waals surface area contributed by atoms with Crippen LogP contribution in [0.4, 0.5) is 10.2 Å². The number of nitrogens with two attached hydrogens (primary N) is 1. The van der Waals surface area contributed by atoms with Gasteiger partial charge in [-0.3, -0.25) is 0 Å². The molecule has 1 heterocycles. The first-order valence-electron chi connectivity index (χ1n) is 6.78. The monoisotopic (exact) mass is 281 g/mol. The minimum absolute atomic E-state index is 0.293. The highest BCUT2D eigenvalue weighted by atomic mass is 19.1. The summed E-state index contributed by atoms with van der Waals surface area (Å²) in [5, 5.41) is 4.43. The first kappa shape index (κ1) is 13.4. The van der Waals surface area contributed by atoms with Crippen molar-refractivity contribution in [3.8, 4) is 11.3 Å². The smallest absolute Gasteiger partial charge is 0.132 e. The Labute approximate surface area is 122 Å². The van der Waals surface area contributed by atoms with Crippen molar-refractivity contribution < 1.29 is 4.39 Å². The minimum atomic E-state index is -0.293. The number of halogens is 1. The quantitative estimate of drug-likeness (QED) is 0.796. The van der Waals surface area contributed by atoms with Crippen LogP contribution in [0.15, 0.2) is 54.6 Å². The molecule has 0 aliphatic rings. The molecule has 0 saturated heterocycles. The van der Waals surface area contributed by atoms with Crippen LogP contribution in [0.25, 0.3) is 11.3 Å². The number of nitrogen functional groups attached to an aromatic ring is 1. The average molecular weight is 281 g/mol. The second kappa shape index (κ2) is 5.40. The fraction of sp³-hybridized carbons (Fsp3) is 0.118.